The first kappa shape index (κ1) is 25.2. The minimum Gasteiger partial charge on any atom is -0.383 e. The van der Waals surface area contributed by atoms with Crippen molar-refractivity contribution in [2.24, 2.45) is 5.92 Å². The van der Waals surface area contributed by atoms with Gasteiger partial charge in [0.05, 0.1) is 5.52 Å². The standard InChI is InChI=1S/C22H30N6O5S/c1-5-6-11-28-18(23)17(19(29)25-21(28)31)27(13-10-14(2)3)20(30)16-15-9-7-8-12-26(15)22(24-16)34(4,32)33/h7-9,12,14H,5-6,10-11,13,23H2,1-4H3,(H,25,29,31). The predicted octanol–water partition coefficient (Wildman–Crippen LogP) is 1.66. The van der Waals surface area contributed by atoms with E-state index in [2.05, 4.69) is 9.97 Å². The van der Waals surface area contributed by atoms with Crippen LogP contribution in [0.25, 0.3) is 5.52 Å². The Hall–Kier alpha value is -3.41. The number of imidazole rings is 1. The first-order valence-electron chi connectivity index (χ1n) is 11.1. The second-order valence-corrected chi connectivity index (χ2v) is 10.5. The number of hydrogen-bond acceptors (Lipinski definition) is 7. The second kappa shape index (κ2) is 9.84. The number of aromatic amines is 1. The molecule has 0 aliphatic rings. The summed E-state index contributed by atoms with van der Waals surface area (Å²) in [6, 6.07) is 4.86. The minimum atomic E-state index is -3.75. The number of H-pyrrole nitrogens is 1. The second-order valence-electron chi connectivity index (χ2n) is 8.61. The summed E-state index contributed by atoms with van der Waals surface area (Å²) in [7, 11) is -3.75. The van der Waals surface area contributed by atoms with Crippen LogP contribution in [-0.2, 0) is 16.4 Å². The molecule has 0 spiro atoms. The van der Waals surface area contributed by atoms with E-state index in [-0.39, 0.29) is 46.9 Å². The highest BCUT2D eigenvalue weighted by Gasteiger charge is 2.30. The van der Waals surface area contributed by atoms with Gasteiger partial charge in [-0.3, -0.25) is 28.4 Å². The van der Waals surface area contributed by atoms with Crippen molar-refractivity contribution in [1.29, 1.82) is 0 Å². The summed E-state index contributed by atoms with van der Waals surface area (Å²) in [5.41, 5.74) is 4.81. The molecule has 3 N–H and O–H groups in total. The first-order chi connectivity index (χ1) is 16.0. The van der Waals surface area contributed by atoms with Gasteiger partial charge in [-0.25, -0.2) is 18.2 Å². The molecule has 3 heterocycles. The molecule has 12 heteroatoms. The van der Waals surface area contributed by atoms with Crippen molar-refractivity contribution >= 4 is 32.8 Å². The van der Waals surface area contributed by atoms with Crippen LogP contribution in [0.1, 0.15) is 50.5 Å². The monoisotopic (exact) mass is 490 g/mol. The summed E-state index contributed by atoms with van der Waals surface area (Å²) < 4.78 is 27.2. The van der Waals surface area contributed by atoms with Crippen molar-refractivity contribution in [1.82, 2.24) is 18.9 Å². The van der Waals surface area contributed by atoms with Crippen LogP contribution in [0.2, 0.25) is 0 Å². The molecular weight excluding hydrogens is 460 g/mol. The number of sulfone groups is 1. The van der Waals surface area contributed by atoms with Crippen LogP contribution in [0.3, 0.4) is 0 Å². The Kier molecular flexibility index (Phi) is 7.29. The van der Waals surface area contributed by atoms with Crippen molar-refractivity contribution in [2.75, 3.05) is 23.4 Å². The van der Waals surface area contributed by atoms with Gasteiger partial charge in [-0.2, -0.15) is 0 Å². The SMILES string of the molecule is CCCCn1c(N)c(N(CCC(C)C)C(=O)c2nc(S(C)(=O)=O)n3ccccc23)c(=O)[nH]c1=O. The van der Waals surface area contributed by atoms with E-state index >= 15 is 0 Å². The Bertz CT molecular complexity index is 1430. The first-order valence-corrected chi connectivity index (χ1v) is 13.0. The van der Waals surface area contributed by atoms with E-state index < -0.39 is 27.0 Å². The zero-order valence-corrected chi connectivity index (χ0v) is 20.6. The lowest BCUT2D eigenvalue weighted by Crippen LogP contribution is -2.42. The lowest BCUT2D eigenvalue weighted by atomic mass is 10.1. The normalized spacial score (nSPS) is 11.9. The number of aromatic nitrogens is 4. The zero-order chi connectivity index (χ0) is 25.2. The minimum absolute atomic E-state index is 0.119. The van der Waals surface area contributed by atoms with E-state index in [1.165, 1.54) is 20.1 Å². The maximum atomic E-state index is 13.8. The molecule has 0 aliphatic heterocycles. The quantitative estimate of drug-likeness (QED) is 0.462. The maximum Gasteiger partial charge on any atom is 0.330 e. The largest absolute Gasteiger partial charge is 0.383 e. The fraction of sp³-hybridized carbons (Fsp3) is 0.455. The summed E-state index contributed by atoms with van der Waals surface area (Å²) in [6.07, 6.45) is 4.49. The number of pyridine rings is 1. The van der Waals surface area contributed by atoms with Crippen LogP contribution in [0.4, 0.5) is 11.5 Å². The van der Waals surface area contributed by atoms with Gasteiger partial charge >= 0.3 is 5.69 Å². The molecule has 0 bridgehead atoms. The number of fused-ring (bicyclic) bond motifs is 1. The molecule has 0 radical (unpaired) electrons. The molecule has 0 atom stereocenters. The molecule has 0 fully saturated rings. The van der Waals surface area contributed by atoms with E-state index in [9.17, 15) is 22.8 Å². The average molecular weight is 491 g/mol. The molecule has 0 saturated heterocycles. The van der Waals surface area contributed by atoms with Gasteiger partial charge in [-0.05, 0) is 30.9 Å². The number of nitrogen functional groups attached to an aromatic ring is 1. The van der Waals surface area contributed by atoms with Crippen LogP contribution < -0.4 is 21.9 Å². The summed E-state index contributed by atoms with van der Waals surface area (Å²) in [5, 5.41) is -0.287. The lowest BCUT2D eigenvalue weighted by Gasteiger charge is -2.24. The van der Waals surface area contributed by atoms with Crippen LogP contribution in [0.15, 0.2) is 39.1 Å². The Morgan fingerprint density at radius 1 is 1.26 bits per heavy atom. The highest BCUT2D eigenvalue weighted by Crippen LogP contribution is 2.24. The zero-order valence-electron chi connectivity index (χ0n) is 19.7. The van der Waals surface area contributed by atoms with Crippen molar-refractivity contribution in [3.63, 3.8) is 0 Å². The molecule has 0 saturated carbocycles. The number of nitrogens with zero attached hydrogens (tertiary/aromatic N) is 4. The third-order valence-electron chi connectivity index (χ3n) is 5.44. The predicted molar refractivity (Wildman–Crippen MR) is 130 cm³/mol. The molecular formula is C22H30N6O5S. The van der Waals surface area contributed by atoms with E-state index in [4.69, 9.17) is 5.73 Å². The van der Waals surface area contributed by atoms with Gasteiger partial charge in [-0.1, -0.05) is 33.3 Å². The molecule has 3 rings (SSSR count). The molecule has 0 aliphatic carbocycles. The Labute approximate surface area is 197 Å². The van der Waals surface area contributed by atoms with Crippen LogP contribution in [0.5, 0.6) is 0 Å². The number of anilines is 2. The smallest absolute Gasteiger partial charge is 0.330 e. The van der Waals surface area contributed by atoms with Gasteiger partial charge in [0.2, 0.25) is 15.0 Å². The van der Waals surface area contributed by atoms with Gasteiger partial charge in [-0.15, -0.1) is 0 Å². The van der Waals surface area contributed by atoms with Crippen LogP contribution in [0, 0.1) is 5.92 Å². The van der Waals surface area contributed by atoms with Crippen LogP contribution >= 0.6 is 0 Å². The molecule has 184 valence electrons. The average Bonchev–Trinajstić information content (AvgIpc) is 3.15. The fourth-order valence-electron chi connectivity index (χ4n) is 3.64. The maximum absolute atomic E-state index is 13.8. The molecule has 34 heavy (non-hydrogen) atoms. The fourth-order valence-corrected chi connectivity index (χ4v) is 4.41. The van der Waals surface area contributed by atoms with E-state index in [0.717, 1.165) is 12.7 Å². The van der Waals surface area contributed by atoms with E-state index in [0.29, 0.717) is 12.8 Å². The number of rotatable bonds is 9. The van der Waals surface area contributed by atoms with Gasteiger partial charge in [0.15, 0.2) is 11.4 Å². The summed E-state index contributed by atoms with van der Waals surface area (Å²) in [5.74, 6) is -0.616. The molecule has 3 aromatic heterocycles. The Morgan fingerprint density at radius 2 is 1.97 bits per heavy atom. The topological polar surface area (TPSA) is 153 Å². The lowest BCUT2D eigenvalue weighted by molar-refractivity contribution is 0.0982. The summed E-state index contributed by atoms with van der Waals surface area (Å²) in [6.45, 7) is 6.28. The van der Waals surface area contributed by atoms with Crippen molar-refractivity contribution < 1.29 is 13.2 Å². The summed E-state index contributed by atoms with van der Waals surface area (Å²) >= 11 is 0. The highest BCUT2D eigenvalue weighted by molar-refractivity contribution is 7.90. The van der Waals surface area contributed by atoms with E-state index in [1.807, 2.05) is 20.8 Å². The molecule has 0 unspecified atom stereocenters. The molecule has 0 aromatic carbocycles. The molecule has 1 amide bonds. The van der Waals surface area contributed by atoms with Crippen LogP contribution in [-0.4, -0.2) is 46.1 Å². The van der Waals surface area contributed by atoms with Crippen molar-refractivity contribution in [3.05, 3.63) is 50.9 Å². The molecule has 3 aromatic rings. The number of carbonyl (C=O) groups is 1. The van der Waals surface area contributed by atoms with Crippen molar-refractivity contribution in [2.45, 2.75) is 51.7 Å². The third kappa shape index (κ3) is 4.91. The highest BCUT2D eigenvalue weighted by atomic mass is 32.2. The summed E-state index contributed by atoms with van der Waals surface area (Å²) in [4.78, 5) is 46.6. The Balaban J connectivity index is 2.24. The van der Waals surface area contributed by atoms with Gasteiger partial charge in [0.25, 0.3) is 11.5 Å². The van der Waals surface area contributed by atoms with Gasteiger partial charge in [0, 0.05) is 25.5 Å². The van der Waals surface area contributed by atoms with Crippen molar-refractivity contribution in [3.8, 4) is 0 Å². The number of amides is 1. The number of unbranched alkanes of at least 4 members (excludes halogenated alkanes) is 1. The number of carbonyl (C=O) groups excluding carboxylic acids is 1. The van der Waals surface area contributed by atoms with Gasteiger partial charge < -0.3 is 5.73 Å². The third-order valence-corrected chi connectivity index (χ3v) is 6.40. The number of nitrogens with two attached hydrogens (primary N) is 1. The molecule has 11 nitrogen and oxygen atoms in total. The van der Waals surface area contributed by atoms with Gasteiger partial charge in [0.1, 0.15) is 5.82 Å². The number of hydrogen-bond donors (Lipinski definition) is 2. The Morgan fingerprint density at radius 3 is 2.59 bits per heavy atom. The number of nitrogens with one attached hydrogen (secondary N) is 1. The van der Waals surface area contributed by atoms with E-state index in [1.54, 1.807) is 18.2 Å².